The van der Waals surface area contributed by atoms with Gasteiger partial charge in [0.2, 0.25) is 5.79 Å². The fraction of sp³-hybridized carbons (Fsp3) is 0.741. The van der Waals surface area contributed by atoms with Crippen molar-refractivity contribution in [2.45, 2.75) is 180 Å². The second-order valence-electron chi connectivity index (χ2n) is 20.2. The Balaban J connectivity index is 1.73. The number of allylic oxidation sites excluding steroid dienone is 6. The lowest BCUT2D eigenvalue weighted by Gasteiger charge is -2.42. The molecule has 384 valence electrons. The quantitative estimate of drug-likeness (QED) is 0.120. The first-order valence-corrected chi connectivity index (χ1v) is 25.0. The Hall–Kier alpha value is -3.34. The summed E-state index contributed by atoms with van der Waals surface area (Å²) in [6, 6.07) is -1.19. The van der Waals surface area contributed by atoms with E-state index in [4.69, 9.17) is 32.5 Å². The van der Waals surface area contributed by atoms with Crippen LogP contribution in [0.3, 0.4) is 0 Å². The molecular weight excluding hydrogens is 871 g/mol. The van der Waals surface area contributed by atoms with Crippen molar-refractivity contribution < 1.29 is 67.0 Å². The molecule has 0 unspecified atom stereocenters. The molecule has 1 amide bonds. The largest absolute Gasteiger partial charge is 0.460 e. The van der Waals surface area contributed by atoms with Crippen LogP contribution in [-0.4, -0.2) is 139 Å². The van der Waals surface area contributed by atoms with E-state index in [9.17, 15) is 34.5 Å². The number of aliphatic hydroxyl groups is 3. The zero-order valence-corrected chi connectivity index (χ0v) is 42.2. The van der Waals surface area contributed by atoms with Gasteiger partial charge in [0, 0.05) is 52.5 Å². The minimum atomic E-state index is -2.78. The standard InChI is InChI=1S/C54H85NO13/c1-33-17-13-12-14-18-34(2)46(63-9)31-42-22-20-39(7)54(62,68-42)51(59)52(60)55-24-16-15-19-43(55)53(61)67-47(37(5)29-41-21-23-45(66-26-25-56)48(30-41)64-10)32-44(57)36(4)28-38(6)49(58)50(65-11)40(8)35(3)27-33/h12-14,17-18,28,33,35-37,39,41-43,45-50,56,58,62H,8,15-16,19-27,29-32H2,1-7,9-11H3/b14-12+,17-13+,34-18+,38-28+/t33-,35-,36-,37-,39-,41+,42+,43+,45-,46+,47+,48-,49-,50+,54-/m1/s1/i9D3. The van der Waals surface area contributed by atoms with Gasteiger partial charge in [-0.2, -0.15) is 0 Å². The van der Waals surface area contributed by atoms with Crippen LogP contribution in [0.5, 0.6) is 0 Å². The first-order chi connectivity index (χ1) is 33.4. The molecule has 0 spiro atoms. The molecule has 4 aliphatic rings. The third-order valence-electron chi connectivity index (χ3n) is 15.0. The molecule has 0 aromatic heterocycles. The zero-order chi connectivity index (χ0) is 52.8. The predicted octanol–water partition coefficient (Wildman–Crippen LogP) is 7.18. The number of rotatable bonds is 9. The van der Waals surface area contributed by atoms with E-state index in [-0.39, 0.29) is 87.1 Å². The molecule has 2 bridgehead atoms. The Bertz CT molecular complexity index is 1920. The highest BCUT2D eigenvalue weighted by atomic mass is 16.6. The van der Waals surface area contributed by atoms with Crippen LogP contribution in [0.2, 0.25) is 0 Å². The summed E-state index contributed by atoms with van der Waals surface area (Å²) in [6.07, 6.45) is 10.9. The number of esters is 1. The molecule has 1 aliphatic carbocycles. The smallest absolute Gasteiger partial charge is 0.329 e. The highest BCUT2D eigenvalue weighted by Gasteiger charge is 2.53. The van der Waals surface area contributed by atoms with Gasteiger partial charge in [0.25, 0.3) is 11.7 Å². The number of methoxy groups -OCH3 is 3. The summed E-state index contributed by atoms with van der Waals surface area (Å²) in [5.74, 6) is -7.63. The Kier molecular flexibility index (Phi) is 21.1. The summed E-state index contributed by atoms with van der Waals surface area (Å²) in [4.78, 5) is 58.6. The van der Waals surface area contributed by atoms with Crippen molar-refractivity contribution in [3.05, 3.63) is 59.8 Å². The van der Waals surface area contributed by atoms with E-state index in [1.807, 2.05) is 32.1 Å². The van der Waals surface area contributed by atoms with Gasteiger partial charge in [-0.25, -0.2) is 4.79 Å². The minimum absolute atomic E-state index is 0.0352. The number of cyclic esters (lactones) is 1. The Morgan fingerprint density at radius 2 is 1.68 bits per heavy atom. The van der Waals surface area contributed by atoms with Gasteiger partial charge in [-0.05, 0) is 118 Å². The molecule has 68 heavy (non-hydrogen) atoms. The van der Waals surface area contributed by atoms with Gasteiger partial charge < -0.3 is 48.6 Å². The van der Waals surface area contributed by atoms with E-state index in [1.165, 1.54) is 7.11 Å². The van der Waals surface area contributed by atoms with Crippen LogP contribution in [0.15, 0.2) is 59.8 Å². The van der Waals surface area contributed by atoms with Crippen molar-refractivity contribution in [3.63, 3.8) is 0 Å². The van der Waals surface area contributed by atoms with Crippen molar-refractivity contribution in [3.8, 4) is 0 Å². The number of piperidine rings is 1. The number of ether oxygens (including phenoxy) is 6. The maximum Gasteiger partial charge on any atom is 0.329 e. The molecule has 0 aromatic rings. The molecule has 14 heteroatoms. The first-order valence-electron chi connectivity index (χ1n) is 26.5. The van der Waals surface area contributed by atoms with Crippen LogP contribution >= 0.6 is 0 Å². The number of carbonyl (C=O) groups excluding carboxylic acids is 4. The van der Waals surface area contributed by atoms with Crippen molar-refractivity contribution in [1.82, 2.24) is 4.90 Å². The first kappa shape index (κ1) is 52.5. The highest BCUT2D eigenvalue weighted by Crippen LogP contribution is 2.38. The van der Waals surface area contributed by atoms with Crippen molar-refractivity contribution in [2.75, 3.05) is 41.0 Å². The van der Waals surface area contributed by atoms with E-state index >= 15 is 0 Å². The number of amides is 1. The molecule has 15 atom stereocenters. The van der Waals surface area contributed by atoms with E-state index in [1.54, 1.807) is 53.0 Å². The topological polar surface area (TPSA) is 188 Å². The average Bonchev–Trinajstić information content (AvgIpc) is 3.32. The number of hydrogen-bond acceptors (Lipinski definition) is 13. The van der Waals surface area contributed by atoms with Gasteiger partial charge in [0.1, 0.15) is 30.1 Å². The molecule has 3 heterocycles. The van der Waals surface area contributed by atoms with Gasteiger partial charge in [0.05, 0.1) is 41.7 Å². The number of aliphatic hydroxyl groups excluding tert-OH is 2. The third kappa shape index (κ3) is 15.3. The summed E-state index contributed by atoms with van der Waals surface area (Å²) >= 11 is 0. The van der Waals surface area contributed by atoms with Crippen LogP contribution < -0.4 is 0 Å². The number of hydrogen-bond donors (Lipinski definition) is 3. The van der Waals surface area contributed by atoms with Crippen LogP contribution in [0.4, 0.5) is 0 Å². The van der Waals surface area contributed by atoms with Gasteiger partial charge in [-0.3, -0.25) is 14.4 Å². The molecule has 4 rings (SSSR count). The average molecular weight is 959 g/mol. The van der Waals surface area contributed by atoms with E-state index < -0.39 is 78.9 Å². The maximum absolute atomic E-state index is 14.5. The molecule has 3 aliphatic heterocycles. The lowest BCUT2D eigenvalue weighted by atomic mass is 9.78. The summed E-state index contributed by atoms with van der Waals surface area (Å²) < 4.78 is 59.2. The second kappa shape index (κ2) is 27.3. The highest BCUT2D eigenvalue weighted by molar-refractivity contribution is 6.39. The summed E-state index contributed by atoms with van der Waals surface area (Å²) in [6.45, 7) is 17.3. The normalized spacial score (nSPS) is 40.0. The van der Waals surface area contributed by atoms with Crippen LogP contribution in [0.25, 0.3) is 0 Å². The molecule has 0 radical (unpaired) electrons. The van der Waals surface area contributed by atoms with Crippen molar-refractivity contribution in [2.24, 2.45) is 35.5 Å². The van der Waals surface area contributed by atoms with Gasteiger partial charge in [-0.1, -0.05) is 77.7 Å². The zero-order valence-electron chi connectivity index (χ0n) is 45.2. The minimum Gasteiger partial charge on any atom is -0.460 e. The second-order valence-corrected chi connectivity index (χ2v) is 20.2. The molecular formula is C54H85NO13. The monoisotopic (exact) mass is 959 g/mol. The molecule has 3 fully saturated rings. The van der Waals surface area contributed by atoms with Gasteiger partial charge in [-0.15, -0.1) is 0 Å². The maximum atomic E-state index is 14.5. The molecule has 1 saturated carbocycles. The predicted molar refractivity (Wildman–Crippen MR) is 260 cm³/mol. The molecule has 0 aromatic carbocycles. The Labute approximate surface area is 410 Å². The lowest BCUT2D eigenvalue weighted by molar-refractivity contribution is -0.265. The molecule has 2 saturated heterocycles. The van der Waals surface area contributed by atoms with E-state index in [2.05, 4.69) is 13.5 Å². The van der Waals surface area contributed by atoms with Gasteiger partial charge in [0.15, 0.2) is 0 Å². The Morgan fingerprint density at radius 1 is 0.926 bits per heavy atom. The summed E-state index contributed by atoms with van der Waals surface area (Å²) in [5, 5.41) is 33.0. The fourth-order valence-corrected chi connectivity index (χ4v) is 10.5. The number of nitrogens with zero attached hydrogens (tertiary/aromatic N) is 1. The van der Waals surface area contributed by atoms with Crippen LogP contribution in [0, 0.1) is 35.5 Å². The number of carbonyl (C=O) groups is 4. The van der Waals surface area contributed by atoms with Crippen molar-refractivity contribution in [1.29, 1.82) is 0 Å². The van der Waals surface area contributed by atoms with Crippen LogP contribution in [-0.2, 0) is 47.6 Å². The number of fused-ring (bicyclic) bond motifs is 3. The third-order valence-corrected chi connectivity index (χ3v) is 15.0. The summed E-state index contributed by atoms with van der Waals surface area (Å²) in [7, 11) is 0.356. The fourth-order valence-electron chi connectivity index (χ4n) is 10.5. The van der Waals surface area contributed by atoms with E-state index in [0.717, 1.165) is 11.3 Å². The molecule has 3 N–H and O–H groups in total. The molecule has 14 nitrogen and oxygen atoms in total. The van der Waals surface area contributed by atoms with E-state index in [0.29, 0.717) is 61.7 Å². The lowest BCUT2D eigenvalue weighted by Crippen LogP contribution is -2.61. The van der Waals surface area contributed by atoms with Crippen LogP contribution in [0.1, 0.15) is 130 Å². The number of Topliss-reactive ketones (excluding diaryl/α,β-unsaturated/α-hetero) is 2. The summed E-state index contributed by atoms with van der Waals surface area (Å²) in [5.41, 5.74) is 1.77. The SMILES string of the molecule is [2H]C([2H])([2H])O[C@H]1C[C@@H]2CC[C@@H](C)[C@@](O)(O2)C(=O)C(=O)N2CCCC[C@H]2C(=O)O[C@H]([C@H](C)C[C@@H]2CC[C@@H](OCCO)[C@H](OC)C2)CC(=O)[C@H](C)/C=C(\C)[C@@H](O)[C@@H](OC)C(=C)[C@H](C)C[C@H](C)/C=C/C=C/C=C/1C. The van der Waals surface area contributed by atoms with Gasteiger partial charge >= 0.3 is 5.97 Å². The van der Waals surface area contributed by atoms with Crippen molar-refractivity contribution >= 4 is 23.4 Å². The Morgan fingerprint density at radius 3 is 2.37 bits per heavy atom. The number of ketones is 2.